The lowest BCUT2D eigenvalue weighted by atomic mass is 10.0. The highest BCUT2D eigenvalue weighted by atomic mass is 32.1. The molecule has 2 aromatic rings. The van der Waals surface area contributed by atoms with Gasteiger partial charge in [0.25, 0.3) is 0 Å². The molecule has 5 heteroatoms. The third-order valence-electron chi connectivity index (χ3n) is 3.43. The molecule has 4 nitrogen and oxygen atoms in total. The van der Waals surface area contributed by atoms with E-state index >= 15 is 0 Å². The third kappa shape index (κ3) is 3.55. The molecular formula is C16H18N2O2S. The summed E-state index contributed by atoms with van der Waals surface area (Å²) in [5.74, 6) is 0.995. The number of ether oxygens (including phenoxy) is 1. The molecule has 110 valence electrons. The van der Waals surface area contributed by atoms with Gasteiger partial charge in [0.1, 0.15) is 5.75 Å². The lowest BCUT2D eigenvalue weighted by Crippen LogP contribution is -2.37. The fourth-order valence-electron chi connectivity index (χ4n) is 2.49. The normalized spacial score (nSPS) is 14.1. The summed E-state index contributed by atoms with van der Waals surface area (Å²) < 4.78 is 5.50. The molecule has 0 spiro atoms. The Hall–Kier alpha value is -2.01. The first kappa shape index (κ1) is 13.9. The van der Waals surface area contributed by atoms with Crippen LogP contribution in [-0.4, -0.2) is 18.7 Å². The van der Waals surface area contributed by atoms with Crippen LogP contribution >= 0.6 is 11.3 Å². The number of carbonyl (C=O) groups is 1. The minimum atomic E-state index is -0.158. The van der Waals surface area contributed by atoms with Crippen molar-refractivity contribution in [3.63, 3.8) is 0 Å². The van der Waals surface area contributed by atoms with Crippen molar-refractivity contribution in [3.8, 4) is 5.75 Å². The van der Waals surface area contributed by atoms with Crippen LogP contribution in [0.3, 0.4) is 0 Å². The summed E-state index contributed by atoms with van der Waals surface area (Å²) in [4.78, 5) is 11.9. The Morgan fingerprint density at radius 1 is 1.43 bits per heavy atom. The van der Waals surface area contributed by atoms with Gasteiger partial charge in [0.2, 0.25) is 0 Å². The largest absolute Gasteiger partial charge is 0.493 e. The number of anilines is 1. The minimum Gasteiger partial charge on any atom is -0.493 e. The third-order valence-corrected chi connectivity index (χ3v) is 4.22. The van der Waals surface area contributed by atoms with E-state index in [0.717, 1.165) is 30.2 Å². The highest BCUT2D eigenvalue weighted by molar-refractivity contribution is 7.14. The van der Waals surface area contributed by atoms with E-state index in [1.165, 1.54) is 22.5 Å². The van der Waals surface area contributed by atoms with Crippen LogP contribution in [0.1, 0.15) is 18.1 Å². The number of amides is 2. The second kappa shape index (κ2) is 6.18. The average molecular weight is 302 g/mol. The van der Waals surface area contributed by atoms with Crippen LogP contribution < -0.4 is 15.4 Å². The van der Waals surface area contributed by atoms with Crippen molar-refractivity contribution in [2.75, 3.05) is 11.9 Å². The monoisotopic (exact) mass is 302 g/mol. The number of nitrogens with one attached hydrogen (secondary N) is 2. The molecule has 0 aliphatic carbocycles. The molecule has 1 atom stereocenters. The first-order valence-corrected chi connectivity index (χ1v) is 7.94. The van der Waals surface area contributed by atoms with Gasteiger partial charge in [0.15, 0.2) is 0 Å². The first-order chi connectivity index (χ1) is 10.2. The van der Waals surface area contributed by atoms with Crippen LogP contribution in [-0.2, 0) is 12.8 Å². The molecule has 1 aromatic heterocycles. The molecule has 2 amide bonds. The number of carbonyl (C=O) groups excluding carboxylic acids is 1. The molecule has 0 unspecified atom stereocenters. The van der Waals surface area contributed by atoms with Crippen molar-refractivity contribution in [1.82, 2.24) is 5.32 Å². The molecule has 1 aromatic carbocycles. The summed E-state index contributed by atoms with van der Waals surface area (Å²) in [5.41, 5.74) is 2.49. The molecular weight excluding hydrogens is 284 g/mol. The zero-order valence-electron chi connectivity index (χ0n) is 11.9. The van der Waals surface area contributed by atoms with E-state index in [0.29, 0.717) is 0 Å². The van der Waals surface area contributed by atoms with Crippen LogP contribution in [0.15, 0.2) is 35.7 Å². The Morgan fingerprint density at radius 3 is 3.14 bits per heavy atom. The van der Waals surface area contributed by atoms with Crippen LogP contribution in [0.4, 0.5) is 9.80 Å². The van der Waals surface area contributed by atoms with E-state index < -0.39 is 0 Å². The highest BCUT2D eigenvalue weighted by Crippen LogP contribution is 2.26. The summed E-state index contributed by atoms with van der Waals surface area (Å²) in [6.45, 7) is 2.79. The van der Waals surface area contributed by atoms with Gasteiger partial charge in [-0.25, -0.2) is 4.79 Å². The molecule has 3 rings (SSSR count). The van der Waals surface area contributed by atoms with E-state index in [-0.39, 0.29) is 12.1 Å². The van der Waals surface area contributed by atoms with Crippen molar-refractivity contribution < 1.29 is 9.53 Å². The molecule has 1 aliphatic rings. The van der Waals surface area contributed by atoms with Gasteiger partial charge in [-0.3, -0.25) is 5.32 Å². The zero-order valence-corrected chi connectivity index (χ0v) is 12.7. The maximum absolute atomic E-state index is 11.9. The smallest absolute Gasteiger partial charge is 0.320 e. The molecule has 1 aliphatic heterocycles. The molecule has 2 heterocycles. The van der Waals surface area contributed by atoms with Gasteiger partial charge in [-0.05, 0) is 48.1 Å². The van der Waals surface area contributed by atoms with Gasteiger partial charge in [-0.1, -0.05) is 12.1 Å². The minimum absolute atomic E-state index is 0.0744. The summed E-state index contributed by atoms with van der Waals surface area (Å²) in [6.07, 6.45) is 1.79. The lowest BCUT2D eigenvalue weighted by Gasteiger charge is -2.14. The van der Waals surface area contributed by atoms with E-state index in [2.05, 4.69) is 22.8 Å². The van der Waals surface area contributed by atoms with Gasteiger partial charge < -0.3 is 10.1 Å². The predicted molar refractivity (Wildman–Crippen MR) is 85.3 cm³/mol. The Bertz CT molecular complexity index is 625. The topological polar surface area (TPSA) is 50.4 Å². The number of thiophene rings is 1. The highest BCUT2D eigenvalue weighted by Gasteiger charge is 2.14. The van der Waals surface area contributed by atoms with E-state index in [1.54, 1.807) is 0 Å². The summed E-state index contributed by atoms with van der Waals surface area (Å²) in [5, 5.41) is 8.58. The Morgan fingerprint density at radius 2 is 2.33 bits per heavy atom. The molecule has 0 radical (unpaired) electrons. The number of fused-ring (bicyclic) bond motifs is 1. The number of urea groups is 1. The number of hydrogen-bond donors (Lipinski definition) is 2. The van der Waals surface area contributed by atoms with Gasteiger partial charge in [0, 0.05) is 12.5 Å². The molecule has 0 saturated carbocycles. The fourth-order valence-corrected chi connectivity index (χ4v) is 3.11. The summed E-state index contributed by atoms with van der Waals surface area (Å²) in [7, 11) is 0. The van der Waals surface area contributed by atoms with E-state index in [9.17, 15) is 4.79 Å². The van der Waals surface area contributed by atoms with Gasteiger partial charge in [-0.15, -0.1) is 11.3 Å². The summed E-state index contributed by atoms with van der Waals surface area (Å²) in [6, 6.07) is 9.98. The van der Waals surface area contributed by atoms with Crippen LogP contribution in [0, 0.1) is 0 Å². The molecule has 0 saturated heterocycles. The standard InChI is InChI=1S/C16H18N2O2S/c1-11(17-16(19)18-15-3-2-8-21-15)9-12-4-5-14-13(10-12)6-7-20-14/h2-5,8,10-11H,6-7,9H2,1H3,(H2,17,18,19)/t11-/m0/s1. The van der Waals surface area contributed by atoms with Gasteiger partial charge in [0.05, 0.1) is 11.6 Å². The lowest BCUT2D eigenvalue weighted by molar-refractivity contribution is 0.249. The van der Waals surface area contributed by atoms with Crippen LogP contribution in [0.2, 0.25) is 0 Å². The fraction of sp³-hybridized carbons (Fsp3) is 0.312. The molecule has 0 fully saturated rings. The van der Waals surface area contributed by atoms with Crippen molar-refractivity contribution in [2.45, 2.75) is 25.8 Å². The maximum atomic E-state index is 11.9. The average Bonchev–Trinajstić information content (AvgIpc) is 3.08. The second-order valence-electron chi connectivity index (χ2n) is 5.22. The SMILES string of the molecule is C[C@@H](Cc1ccc2c(c1)CCO2)NC(=O)Nc1cccs1. The molecule has 0 bridgehead atoms. The zero-order chi connectivity index (χ0) is 14.7. The second-order valence-corrected chi connectivity index (χ2v) is 6.17. The number of benzene rings is 1. The Balaban J connectivity index is 1.54. The van der Waals surface area contributed by atoms with Crippen LogP contribution in [0.5, 0.6) is 5.75 Å². The quantitative estimate of drug-likeness (QED) is 0.909. The number of hydrogen-bond acceptors (Lipinski definition) is 3. The van der Waals surface area contributed by atoms with E-state index in [4.69, 9.17) is 4.74 Å². The van der Waals surface area contributed by atoms with Crippen molar-refractivity contribution in [3.05, 3.63) is 46.8 Å². The molecule has 2 N–H and O–H groups in total. The molecule has 21 heavy (non-hydrogen) atoms. The van der Waals surface area contributed by atoms with Crippen LogP contribution in [0.25, 0.3) is 0 Å². The van der Waals surface area contributed by atoms with Gasteiger partial charge in [-0.2, -0.15) is 0 Å². The Labute approximate surface area is 128 Å². The van der Waals surface area contributed by atoms with E-state index in [1.807, 2.05) is 30.5 Å². The first-order valence-electron chi connectivity index (χ1n) is 7.06. The number of rotatable bonds is 4. The Kier molecular flexibility index (Phi) is 4.10. The van der Waals surface area contributed by atoms with Gasteiger partial charge >= 0.3 is 6.03 Å². The van der Waals surface area contributed by atoms with Crippen molar-refractivity contribution in [2.24, 2.45) is 0 Å². The van der Waals surface area contributed by atoms with Crippen molar-refractivity contribution >= 4 is 22.4 Å². The summed E-state index contributed by atoms with van der Waals surface area (Å²) >= 11 is 1.51. The maximum Gasteiger partial charge on any atom is 0.320 e. The predicted octanol–water partition coefficient (Wildman–Crippen LogP) is 3.44. The van der Waals surface area contributed by atoms with Crippen molar-refractivity contribution in [1.29, 1.82) is 0 Å².